The van der Waals surface area contributed by atoms with Crippen molar-refractivity contribution in [1.29, 1.82) is 0 Å². The molecule has 2 heterocycles. The Labute approximate surface area is 201 Å². The van der Waals surface area contributed by atoms with Crippen molar-refractivity contribution in [3.05, 3.63) is 52.8 Å². The second-order valence-electron chi connectivity index (χ2n) is 8.03. The second kappa shape index (κ2) is 14.0. The van der Waals surface area contributed by atoms with Gasteiger partial charge in [0.15, 0.2) is 0 Å². The Morgan fingerprint density at radius 1 is 0.824 bits per heavy atom. The van der Waals surface area contributed by atoms with E-state index in [0.717, 1.165) is 51.1 Å². The molecule has 34 heavy (non-hydrogen) atoms. The quantitative estimate of drug-likeness (QED) is 0.325. The highest BCUT2D eigenvalue weighted by Crippen LogP contribution is 2.22. The molecule has 1 N–H and O–H groups in total. The second-order valence-corrected chi connectivity index (χ2v) is 8.03. The first-order valence-corrected chi connectivity index (χ1v) is 11.7. The maximum atomic E-state index is 8.59. The van der Waals surface area contributed by atoms with Gasteiger partial charge in [-0.1, -0.05) is 31.4 Å². The number of aliphatic hydroxyl groups is 1. The van der Waals surface area contributed by atoms with E-state index in [0.29, 0.717) is 52.9 Å². The molecule has 0 saturated heterocycles. The predicted octanol–water partition coefficient (Wildman–Crippen LogP) is 2.05. The van der Waals surface area contributed by atoms with Gasteiger partial charge < -0.3 is 28.6 Å². The van der Waals surface area contributed by atoms with Gasteiger partial charge in [-0.05, 0) is 35.8 Å². The number of fused-ring (bicyclic) bond motifs is 1. The molecular formula is C27H36N2O5. The Bertz CT molecular complexity index is 1110. The molecule has 3 rings (SSSR count). The summed E-state index contributed by atoms with van der Waals surface area (Å²) in [5.41, 5.74) is 4.42. The zero-order chi connectivity index (χ0) is 24.2. The van der Waals surface area contributed by atoms with Crippen molar-refractivity contribution in [2.75, 3.05) is 59.5 Å². The molecule has 0 atom stereocenters. The average Bonchev–Trinajstić information content (AvgIpc) is 3.08. The monoisotopic (exact) mass is 468 g/mol. The van der Waals surface area contributed by atoms with E-state index in [2.05, 4.69) is 53.0 Å². The van der Waals surface area contributed by atoms with Gasteiger partial charge in [-0.3, -0.25) is 4.98 Å². The van der Waals surface area contributed by atoms with Crippen LogP contribution in [0.25, 0.3) is 35.2 Å². The summed E-state index contributed by atoms with van der Waals surface area (Å²) in [6.07, 6.45) is 3.72. The third kappa shape index (κ3) is 7.48. The van der Waals surface area contributed by atoms with Crippen LogP contribution in [-0.4, -0.2) is 74.1 Å². The Morgan fingerprint density at radius 3 is 2.06 bits per heavy atom. The number of pyridine rings is 1. The smallest absolute Gasteiger partial charge is 0.0701 e. The van der Waals surface area contributed by atoms with Gasteiger partial charge >= 0.3 is 0 Å². The van der Waals surface area contributed by atoms with Crippen LogP contribution in [0.3, 0.4) is 0 Å². The zero-order valence-corrected chi connectivity index (χ0v) is 20.1. The summed E-state index contributed by atoms with van der Waals surface area (Å²) in [6.45, 7) is 12.5. The molecule has 0 amide bonds. The summed E-state index contributed by atoms with van der Waals surface area (Å²) >= 11 is 0. The van der Waals surface area contributed by atoms with Crippen molar-refractivity contribution in [2.24, 2.45) is 7.05 Å². The molecule has 0 unspecified atom stereocenters. The molecule has 1 aromatic carbocycles. The number of ether oxygens (including phenoxy) is 4. The van der Waals surface area contributed by atoms with Gasteiger partial charge in [0.2, 0.25) is 0 Å². The predicted molar refractivity (Wildman–Crippen MR) is 135 cm³/mol. The molecule has 0 aliphatic heterocycles. The summed E-state index contributed by atoms with van der Waals surface area (Å²) in [4.78, 5) is 4.63. The SMILES string of the molecule is C=c1c(=C)n(C)c2cc(-c3ccc(CCCOCCOCCOCCOCCO)nc3)ccc12. The van der Waals surface area contributed by atoms with Gasteiger partial charge in [-0.2, -0.15) is 0 Å². The fraction of sp³-hybridized carbons (Fsp3) is 0.444. The number of aromatic nitrogens is 2. The van der Waals surface area contributed by atoms with Crippen molar-refractivity contribution in [1.82, 2.24) is 9.55 Å². The van der Waals surface area contributed by atoms with E-state index in [1.165, 1.54) is 0 Å². The molecule has 184 valence electrons. The van der Waals surface area contributed by atoms with Crippen molar-refractivity contribution < 1.29 is 24.1 Å². The van der Waals surface area contributed by atoms with E-state index in [-0.39, 0.29) is 6.61 Å². The third-order valence-corrected chi connectivity index (χ3v) is 5.67. The van der Waals surface area contributed by atoms with Gasteiger partial charge in [0, 0.05) is 47.4 Å². The Morgan fingerprint density at radius 2 is 1.44 bits per heavy atom. The topological polar surface area (TPSA) is 75.0 Å². The summed E-state index contributed by atoms with van der Waals surface area (Å²) in [7, 11) is 2.02. The fourth-order valence-corrected chi connectivity index (χ4v) is 3.67. The maximum Gasteiger partial charge on any atom is 0.0701 e. The zero-order valence-electron chi connectivity index (χ0n) is 20.1. The average molecular weight is 469 g/mol. The molecule has 0 spiro atoms. The molecule has 2 aromatic heterocycles. The molecule has 0 radical (unpaired) electrons. The minimum absolute atomic E-state index is 0.0360. The Kier molecular flexibility index (Phi) is 10.7. The van der Waals surface area contributed by atoms with Gasteiger partial charge in [0.25, 0.3) is 0 Å². The van der Waals surface area contributed by atoms with E-state index in [4.69, 9.17) is 24.1 Å². The maximum absolute atomic E-state index is 8.59. The molecule has 0 bridgehead atoms. The number of aryl methyl sites for hydroxylation is 2. The van der Waals surface area contributed by atoms with E-state index in [1.807, 2.05) is 13.2 Å². The number of nitrogens with zero attached hydrogens (tertiary/aromatic N) is 2. The number of benzene rings is 1. The lowest BCUT2D eigenvalue weighted by atomic mass is 10.0. The van der Waals surface area contributed by atoms with Gasteiger partial charge in [-0.25, -0.2) is 0 Å². The summed E-state index contributed by atoms with van der Waals surface area (Å²) in [5.74, 6) is 0. The highest BCUT2D eigenvalue weighted by Gasteiger charge is 2.06. The lowest BCUT2D eigenvalue weighted by Gasteiger charge is -2.07. The van der Waals surface area contributed by atoms with E-state index < -0.39 is 0 Å². The first kappa shape index (κ1) is 26.1. The molecule has 0 fully saturated rings. The lowest BCUT2D eigenvalue weighted by molar-refractivity contribution is -0.00564. The minimum Gasteiger partial charge on any atom is -0.394 e. The summed E-state index contributed by atoms with van der Waals surface area (Å²) < 4.78 is 23.6. The van der Waals surface area contributed by atoms with Crippen molar-refractivity contribution >= 4 is 24.1 Å². The number of hydrogen-bond donors (Lipinski definition) is 1. The first-order valence-electron chi connectivity index (χ1n) is 11.7. The van der Waals surface area contributed by atoms with Crippen molar-refractivity contribution in [3.63, 3.8) is 0 Å². The van der Waals surface area contributed by atoms with Crippen LogP contribution in [-0.2, 0) is 32.4 Å². The molecule has 3 aromatic rings. The van der Waals surface area contributed by atoms with Crippen molar-refractivity contribution in [2.45, 2.75) is 12.8 Å². The number of rotatable bonds is 16. The van der Waals surface area contributed by atoms with Gasteiger partial charge in [0.05, 0.1) is 52.9 Å². The van der Waals surface area contributed by atoms with Crippen LogP contribution in [0.5, 0.6) is 0 Å². The molecule has 7 heteroatoms. The standard InChI is InChI=1S/C27H36N2O5/c1-21-22(2)29(3)27-19-23(7-9-26(21)27)24-6-8-25(28-20-24)5-4-11-31-13-15-33-17-18-34-16-14-32-12-10-30/h6-9,19-20,30H,1-2,4-5,10-18H2,3H3. The minimum atomic E-state index is 0.0360. The van der Waals surface area contributed by atoms with Crippen LogP contribution in [0.4, 0.5) is 0 Å². The molecule has 0 saturated carbocycles. The summed E-state index contributed by atoms with van der Waals surface area (Å²) in [5, 5.41) is 11.7. The Balaban J connectivity index is 1.30. The van der Waals surface area contributed by atoms with E-state index >= 15 is 0 Å². The van der Waals surface area contributed by atoms with E-state index in [9.17, 15) is 0 Å². The van der Waals surface area contributed by atoms with Crippen LogP contribution >= 0.6 is 0 Å². The van der Waals surface area contributed by atoms with Crippen LogP contribution in [0.2, 0.25) is 0 Å². The number of hydrogen-bond acceptors (Lipinski definition) is 6. The van der Waals surface area contributed by atoms with Crippen LogP contribution < -0.4 is 10.6 Å². The Hall–Kier alpha value is -2.55. The molecule has 0 aliphatic rings. The van der Waals surface area contributed by atoms with E-state index in [1.54, 1.807) is 0 Å². The lowest BCUT2D eigenvalue weighted by Crippen LogP contribution is -2.24. The van der Waals surface area contributed by atoms with Crippen LogP contribution in [0.1, 0.15) is 12.1 Å². The van der Waals surface area contributed by atoms with Crippen molar-refractivity contribution in [3.8, 4) is 11.1 Å². The van der Waals surface area contributed by atoms with Gasteiger partial charge in [0.1, 0.15) is 0 Å². The highest BCUT2D eigenvalue weighted by atomic mass is 16.6. The number of aliphatic hydroxyl groups excluding tert-OH is 1. The summed E-state index contributed by atoms with van der Waals surface area (Å²) in [6, 6.07) is 10.6. The van der Waals surface area contributed by atoms with Crippen LogP contribution in [0, 0.1) is 0 Å². The first-order chi connectivity index (χ1) is 16.6. The molecule has 0 aliphatic carbocycles. The van der Waals surface area contributed by atoms with Gasteiger partial charge in [-0.15, -0.1) is 0 Å². The largest absolute Gasteiger partial charge is 0.394 e. The normalized spacial score (nSPS) is 11.5. The molecule has 7 nitrogen and oxygen atoms in total. The highest BCUT2D eigenvalue weighted by molar-refractivity contribution is 5.86. The molecular weight excluding hydrogens is 432 g/mol. The van der Waals surface area contributed by atoms with Crippen LogP contribution in [0.15, 0.2) is 36.5 Å². The fourth-order valence-electron chi connectivity index (χ4n) is 3.67. The third-order valence-electron chi connectivity index (χ3n) is 5.67.